The number of alkyl halides is 6. The Bertz CT molecular complexity index is 2080. The van der Waals surface area contributed by atoms with Gasteiger partial charge in [-0.25, -0.2) is 33.0 Å². The van der Waals surface area contributed by atoms with Crippen LogP contribution in [-0.2, 0) is 26.5 Å². The van der Waals surface area contributed by atoms with Gasteiger partial charge in [0, 0.05) is 40.5 Å². The summed E-state index contributed by atoms with van der Waals surface area (Å²) in [6, 6.07) is 3.47. The van der Waals surface area contributed by atoms with Gasteiger partial charge < -0.3 is 9.84 Å². The first-order chi connectivity index (χ1) is 23.4. The van der Waals surface area contributed by atoms with Gasteiger partial charge in [-0.05, 0) is 44.0 Å². The fraction of sp³-hybridized carbons (Fsp3) is 0.424. The smallest absolute Gasteiger partial charge is 0.416 e. The number of aromatic carboxylic acids is 1. The highest BCUT2D eigenvalue weighted by atomic mass is 32.2. The van der Waals surface area contributed by atoms with Gasteiger partial charge in [-0.3, -0.25) is 4.90 Å². The number of ether oxygens (including phenoxy) is 1. The second kappa shape index (κ2) is 13.0. The van der Waals surface area contributed by atoms with Gasteiger partial charge in [-0.15, -0.1) is 11.3 Å². The number of benzene rings is 1. The molecule has 0 bridgehead atoms. The summed E-state index contributed by atoms with van der Waals surface area (Å²) in [5.41, 5.74) is -1.39. The molecule has 3 unspecified atom stereocenters. The monoisotopic (exact) mass is 758 g/mol. The third-order valence-corrected chi connectivity index (χ3v) is 10.5. The summed E-state index contributed by atoms with van der Waals surface area (Å²) in [7, 11) is -3.99. The maximum atomic E-state index is 13.7. The zero-order chi connectivity index (χ0) is 38.0. The molecule has 274 valence electrons. The van der Waals surface area contributed by atoms with Gasteiger partial charge in [0.25, 0.3) is 0 Å². The van der Waals surface area contributed by atoms with Crippen molar-refractivity contribution in [2.75, 3.05) is 6.26 Å². The zero-order valence-corrected chi connectivity index (χ0v) is 29.6. The standard InChI is InChI=1S/C33H32F6N4O6S2/c1-15-9-17(28(44)45)7-8-21(15)27-42-26(31(3,4)5)25(50-27)22-13-40-29(51(6,47)48)41-23(22)14-43-16(2)24(49-30(43)46)18-10-19(32(34,35)36)12-20(11-18)33(37,38)39/h7-10,12-13,16,18,24H,11,14H2,1-6H3,(H,44,45). The van der Waals surface area contributed by atoms with Crippen molar-refractivity contribution < 1.29 is 54.2 Å². The van der Waals surface area contributed by atoms with Crippen molar-refractivity contribution in [2.24, 2.45) is 5.92 Å². The summed E-state index contributed by atoms with van der Waals surface area (Å²) >= 11 is 1.19. The molecule has 1 N–H and O–H groups in total. The van der Waals surface area contributed by atoms with Crippen LogP contribution < -0.4 is 0 Å². The number of aromatic nitrogens is 3. The van der Waals surface area contributed by atoms with Crippen molar-refractivity contribution in [3.63, 3.8) is 0 Å². The number of halogens is 6. The molecule has 10 nitrogen and oxygen atoms in total. The highest BCUT2D eigenvalue weighted by molar-refractivity contribution is 7.90. The second-order valence-electron chi connectivity index (χ2n) is 13.4. The summed E-state index contributed by atoms with van der Waals surface area (Å²) in [6.45, 7) is 8.32. The van der Waals surface area contributed by atoms with Crippen LogP contribution in [-0.4, -0.2) is 76.2 Å². The Morgan fingerprint density at radius 2 is 1.75 bits per heavy atom. The Labute approximate surface area is 292 Å². The van der Waals surface area contributed by atoms with Crippen LogP contribution in [0, 0.1) is 12.8 Å². The summed E-state index contributed by atoms with van der Waals surface area (Å²) < 4.78 is 112. The first kappa shape index (κ1) is 37.9. The Balaban J connectivity index is 1.58. The number of sulfone groups is 1. The number of carboxylic acid groups (broad SMARTS) is 1. The number of amides is 1. The van der Waals surface area contributed by atoms with E-state index >= 15 is 0 Å². The lowest BCUT2D eigenvalue weighted by atomic mass is 9.83. The SMILES string of the molecule is Cc1cc(C(=O)O)ccc1-c1nc(C(C)(C)C)c(-c2cnc(S(C)(=O)=O)nc2CN2C(=O)OC(C3C=C(C(F)(F)F)C=C(C(F)(F)F)C3)C2C)s1. The van der Waals surface area contributed by atoms with Gasteiger partial charge in [0.1, 0.15) is 11.1 Å². The van der Waals surface area contributed by atoms with E-state index in [9.17, 15) is 49.5 Å². The zero-order valence-electron chi connectivity index (χ0n) is 28.0. The fourth-order valence-electron chi connectivity index (χ4n) is 5.91. The van der Waals surface area contributed by atoms with Crippen LogP contribution in [0.3, 0.4) is 0 Å². The molecule has 1 saturated heterocycles. The molecular formula is C33H32F6N4O6S2. The van der Waals surface area contributed by atoms with Crippen LogP contribution in [0.15, 0.2) is 52.9 Å². The summed E-state index contributed by atoms with van der Waals surface area (Å²) in [6.07, 6.45) is -10.6. The maximum absolute atomic E-state index is 13.7. The molecule has 2 aliphatic rings. The average molecular weight is 759 g/mol. The van der Waals surface area contributed by atoms with E-state index in [-0.39, 0.29) is 22.9 Å². The molecule has 0 radical (unpaired) electrons. The quantitative estimate of drug-likeness (QED) is 0.190. The van der Waals surface area contributed by atoms with E-state index in [1.54, 1.807) is 13.0 Å². The van der Waals surface area contributed by atoms with Gasteiger partial charge in [0.2, 0.25) is 15.0 Å². The minimum atomic E-state index is -5.09. The first-order valence-corrected chi connectivity index (χ1v) is 18.0. The summed E-state index contributed by atoms with van der Waals surface area (Å²) in [5, 5.41) is 9.33. The van der Waals surface area contributed by atoms with E-state index in [1.165, 1.54) is 36.6 Å². The highest BCUT2D eigenvalue weighted by Crippen LogP contribution is 2.45. The average Bonchev–Trinajstić information content (AvgIpc) is 3.57. The van der Waals surface area contributed by atoms with E-state index in [1.807, 2.05) is 20.8 Å². The summed E-state index contributed by atoms with van der Waals surface area (Å²) in [4.78, 5) is 39.5. The molecule has 0 spiro atoms. The minimum absolute atomic E-state index is 0.0135. The van der Waals surface area contributed by atoms with E-state index < -0.39 is 87.0 Å². The topological polar surface area (TPSA) is 140 Å². The first-order valence-electron chi connectivity index (χ1n) is 15.3. The molecular weight excluding hydrogens is 727 g/mol. The number of thiazole rings is 1. The predicted molar refractivity (Wildman–Crippen MR) is 174 cm³/mol. The van der Waals surface area contributed by atoms with Crippen LogP contribution in [0.25, 0.3) is 21.0 Å². The third kappa shape index (κ3) is 7.80. The van der Waals surface area contributed by atoms with Crippen LogP contribution in [0.5, 0.6) is 0 Å². The van der Waals surface area contributed by atoms with Gasteiger partial charge >= 0.3 is 24.4 Å². The second-order valence-corrected chi connectivity index (χ2v) is 16.3. The molecule has 51 heavy (non-hydrogen) atoms. The van der Waals surface area contributed by atoms with Gasteiger partial charge in [0.15, 0.2) is 0 Å². The number of allylic oxidation sites excluding steroid dienone is 3. The molecule has 0 saturated carbocycles. The van der Waals surface area contributed by atoms with Crippen LogP contribution >= 0.6 is 11.3 Å². The molecule has 3 aromatic rings. The van der Waals surface area contributed by atoms with Crippen molar-refractivity contribution in [3.05, 3.63) is 70.2 Å². The lowest BCUT2D eigenvalue weighted by Crippen LogP contribution is -2.38. The van der Waals surface area contributed by atoms with E-state index in [0.717, 1.165) is 11.2 Å². The number of carbonyl (C=O) groups excluding carboxylic acids is 1. The number of hydrogen-bond donors (Lipinski definition) is 1. The Kier molecular flexibility index (Phi) is 9.68. The number of carbonyl (C=O) groups is 2. The minimum Gasteiger partial charge on any atom is -0.478 e. The molecule has 5 rings (SSSR count). The molecule has 1 aliphatic carbocycles. The number of rotatable bonds is 7. The number of nitrogens with zero attached hydrogens (tertiary/aromatic N) is 4. The van der Waals surface area contributed by atoms with Crippen LogP contribution in [0.1, 0.15) is 61.4 Å². The van der Waals surface area contributed by atoms with Crippen molar-refractivity contribution in [1.82, 2.24) is 19.9 Å². The normalized spacial score (nSPS) is 20.3. The lowest BCUT2D eigenvalue weighted by molar-refractivity contribution is -0.101. The van der Waals surface area contributed by atoms with Crippen LogP contribution in [0.4, 0.5) is 31.1 Å². The Morgan fingerprint density at radius 3 is 2.29 bits per heavy atom. The molecule has 3 heterocycles. The van der Waals surface area contributed by atoms with Gasteiger partial charge in [-0.1, -0.05) is 32.9 Å². The Hall–Kier alpha value is -4.32. The van der Waals surface area contributed by atoms with E-state index in [4.69, 9.17) is 9.72 Å². The van der Waals surface area contributed by atoms with Crippen molar-refractivity contribution in [1.29, 1.82) is 0 Å². The molecule has 2 aromatic heterocycles. The van der Waals surface area contributed by atoms with Crippen LogP contribution in [0.2, 0.25) is 0 Å². The van der Waals surface area contributed by atoms with Crippen molar-refractivity contribution in [3.8, 4) is 21.0 Å². The largest absolute Gasteiger partial charge is 0.478 e. The number of carboxylic acids is 1. The highest BCUT2D eigenvalue weighted by Gasteiger charge is 2.48. The number of aryl methyl sites for hydroxylation is 1. The van der Waals surface area contributed by atoms with Gasteiger partial charge in [-0.2, -0.15) is 26.3 Å². The molecule has 3 atom stereocenters. The molecule has 1 fully saturated rings. The molecule has 1 aromatic carbocycles. The maximum Gasteiger partial charge on any atom is 0.416 e. The number of cyclic esters (lactones) is 1. The predicted octanol–water partition coefficient (Wildman–Crippen LogP) is 7.68. The van der Waals surface area contributed by atoms with E-state index in [0.29, 0.717) is 32.8 Å². The molecule has 18 heteroatoms. The fourth-order valence-corrected chi connectivity index (χ4v) is 7.83. The lowest BCUT2D eigenvalue weighted by Gasteiger charge is -2.30. The van der Waals surface area contributed by atoms with E-state index in [2.05, 4.69) is 9.97 Å². The summed E-state index contributed by atoms with van der Waals surface area (Å²) in [5.74, 6) is -2.59. The molecule has 1 amide bonds. The van der Waals surface area contributed by atoms with Crippen molar-refractivity contribution in [2.45, 2.75) is 82.7 Å². The van der Waals surface area contributed by atoms with Crippen molar-refractivity contribution >= 4 is 33.2 Å². The molecule has 1 aliphatic heterocycles. The van der Waals surface area contributed by atoms with Gasteiger partial charge in [0.05, 0.1) is 40.0 Å². The Morgan fingerprint density at radius 1 is 1.08 bits per heavy atom. The third-order valence-electron chi connectivity index (χ3n) is 8.51. The number of hydrogen-bond acceptors (Lipinski definition) is 9.